The summed E-state index contributed by atoms with van der Waals surface area (Å²) in [5.74, 6) is -1.32. The van der Waals surface area contributed by atoms with Crippen molar-refractivity contribution >= 4 is 40.8 Å². The largest absolute Gasteiger partial charge is 0.455 e. The van der Waals surface area contributed by atoms with Gasteiger partial charge in [-0.05, 0) is 23.8 Å². The lowest BCUT2D eigenvalue weighted by atomic mass is 10.1. The lowest BCUT2D eigenvalue weighted by Crippen LogP contribution is -2.44. The van der Waals surface area contributed by atoms with Crippen LogP contribution < -0.4 is 10.2 Å². The molecule has 2 aromatic carbocycles. The Morgan fingerprint density at radius 2 is 1.84 bits per heavy atom. The molecule has 7 heteroatoms. The van der Waals surface area contributed by atoms with Crippen LogP contribution in [0.25, 0.3) is 0 Å². The van der Waals surface area contributed by atoms with Gasteiger partial charge in [-0.3, -0.25) is 19.3 Å². The maximum absolute atomic E-state index is 12.4. The zero-order valence-corrected chi connectivity index (χ0v) is 14.0. The first kappa shape index (κ1) is 17.0. The SMILES string of the molecule is O=C1CN(C(=O)COC(=O)Cc2ccccc2Cl)c2ccccc2N1. The first-order valence-electron chi connectivity index (χ1n) is 7.63. The predicted octanol–water partition coefficient (Wildman–Crippen LogP) is 2.41. The fraction of sp³-hybridized carbons (Fsp3) is 0.167. The van der Waals surface area contributed by atoms with Gasteiger partial charge >= 0.3 is 5.97 Å². The van der Waals surface area contributed by atoms with Crippen LogP contribution >= 0.6 is 11.6 Å². The molecule has 1 heterocycles. The molecule has 1 aliphatic rings. The normalized spacial score (nSPS) is 13.0. The van der Waals surface area contributed by atoms with E-state index in [9.17, 15) is 14.4 Å². The Balaban J connectivity index is 1.62. The molecule has 2 amide bonds. The van der Waals surface area contributed by atoms with Crippen molar-refractivity contribution in [3.8, 4) is 0 Å². The Kier molecular flexibility index (Phi) is 5.00. The molecule has 0 saturated heterocycles. The number of carbonyl (C=O) groups excluding carboxylic acids is 3. The molecule has 0 atom stereocenters. The van der Waals surface area contributed by atoms with Crippen LogP contribution in [0.3, 0.4) is 0 Å². The number of ether oxygens (including phenoxy) is 1. The highest BCUT2D eigenvalue weighted by Gasteiger charge is 2.27. The van der Waals surface area contributed by atoms with E-state index in [0.717, 1.165) is 0 Å². The number of hydrogen-bond acceptors (Lipinski definition) is 4. The molecule has 25 heavy (non-hydrogen) atoms. The molecule has 0 saturated carbocycles. The Morgan fingerprint density at radius 1 is 1.12 bits per heavy atom. The highest BCUT2D eigenvalue weighted by Crippen LogP contribution is 2.28. The molecule has 0 radical (unpaired) electrons. The van der Waals surface area contributed by atoms with Gasteiger partial charge < -0.3 is 10.1 Å². The number of hydrogen-bond donors (Lipinski definition) is 1. The van der Waals surface area contributed by atoms with Gasteiger partial charge in [-0.15, -0.1) is 0 Å². The number of anilines is 2. The van der Waals surface area contributed by atoms with E-state index >= 15 is 0 Å². The van der Waals surface area contributed by atoms with E-state index in [2.05, 4.69) is 5.32 Å². The molecule has 6 nitrogen and oxygen atoms in total. The lowest BCUT2D eigenvalue weighted by molar-refractivity contribution is -0.147. The molecule has 0 aromatic heterocycles. The van der Waals surface area contributed by atoms with Crippen molar-refractivity contribution in [3.05, 3.63) is 59.1 Å². The number of amides is 2. The molecule has 128 valence electrons. The van der Waals surface area contributed by atoms with E-state index in [1.165, 1.54) is 4.90 Å². The van der Waals surface area contributed by atoms with Crippen molar-refractivity contribution in [1.29, 1.82) is 0 Å². The van der Waals surface area contributed by atoms with Crippen molar-refractivity contribution in [3.63, 3.8) is 0 Å². The van der Waals surface area contributed by atoms with Crippen molar-refractivity contribution in [2.24, 2.45) is 0 Å². The molecule has 1 N–H and O–H groups in total. The smallest absolute Gasteiger partial charge is 0.310 e. The number of benzene rings is 2. The van der Waals surface area contributed by atoms with E-state index in [4.69, 9.17) is 16.3 Å². The maximum atomic E-state index is 12.4. The topological polar surface area (TPSA) is 75.7 Å². The summed E-state index contributed by atoms with van der Waals surface area (Å²) in [6.45, 7) is -0.553. The molecule has 3 rings (SSSR count). The van der Waals surface area contributed by atoms with Crippen LogP contribution in [0.5, 0.6) is 0 Å². The Labute approximate surface area is 149 Å². The Hall–Kier alpha value is -2.86. The number of halogens is 1. The van der Waals surface area contributed by atoms with E-state index in [0.29, 0.717) is 22.0 Å². The summed E-state index contributed by atoms with van der Waals surface area (Å²) in [6, 6.07) is 13.9. The number of rotatable bonds is 4. The number of carbonyl (C=O) groups is 3. The minimum absolute atomic E-state index is 0.0238. The third kappa shape index (κ3) is 3.97. The fourth-order valence-electron chi connectivity index (χ4n) is 2.52. The average Bonchev–Trinajstić information content (AvgIpc) is 2.61. The van der Waals surface area contributed by atoms with Crippen LogP contribution in [0.15, 0.2) is 48.5 Å². The quantitative estimate of drug-likeness (QED) is 0.852. The third-order valence-corrected chi connectivity index (χ3v) is 4.09. The summed E-state index contributed by atoms with van der Waals surface area (Å²) in [4.78, 5) is 37.3. The molecular formula is C18H15ClN2O4. The molecule has 2 aromatic rings. The summed E-state index contributed by atoms with van der Waals surface area (Å²) in [5.41, 5.74) is 1.76. The second-order valence-corrected chi connectivity index (χ2v) is 5.88. The number of nitrogens with zero attached hydrogens (tertiary/aromatic N) is 1. The predicted molar refractivity (Wildman–Crippen MR) is 93.5 cm³/mol. The van der Waals surface area contributed by atoms with Gasteiger partial charge in [0.05, 0.1) is 17.8 Å². The molecule has 1 aliphatic heterocycles. The van der Waals surface area contributed by atoms with E-state index in [-0.39, 0.29) is 18.9 Å². The van der Waals surface area contributed by atoms with Crippen LogP contribution in [-0.4, -0.2) is 30.9 Å². The number of nitrogens with one attached hydrogen (secondary N) is 1. The van der Waals surface area contributed by atoms with Gasteiger partial charge in [0.25, 0.3) is 5.91 Å². The molecule has 0 fully saturated rings. The van der Waals surface area contributed by atoms with Crippen molar-refractivity contribution < 1.29 is 19.1 Å². The first-order valence-corrected chi connectivity index (χ1v) is 8.00. The summed E-state index contributed by atoms with van der Waals surface area (Å²) >= 11 is 6.00. The molecule has 0 bridgehead atoms. The van der Waals surface area contributed by atoms with Gasteiger partial charge in [0, 0.05) is 5.02 Å². The molecule has 0 unspecified atom stereocenters. The maximum Gasteiger partial charge on any atom is 0.310 e. The van der Waals surface area contributed by atoms with Gasteiger partial charge in [-0.1, -0.05) is 41.9 Å². The number of fused-ring (bicyclic) bond motifs is 1. The second-order valence-electron chi connectivity index (χ2n) is 5.47. The lowest BCUT2D eigenvalue weighted by Gasteiger charge is -2.28. The summed E-state index contributed by atoms with van der Waals surface area (Å²) in [7, 11) is 0. The van der Waals surface area contributed by atoms with Gasteiger partial charge in [-0.2, -0.15) is 0 Å². The highest BCUT2D eigenvalue weighted by atomic mass is 35.5. The van der Waals surface area contributed by atoms with Crippen LogP contribution in [-0.2, 0) is 25.5 Å². The monoisotopic (exact) mass is 358 g/mol. The Morgan fingerprint density at radius 3 is 2.64 bits per heavy atom. The number of para-hydroxylation sites is 2. The van der Waals surface area contributed by atoms with Crippen LogP contribution in [0.2, 0.25) is 5.02 Å². The molecule has 0 spiro atoms. The minimum Gasteiger partial charge on any atom is -0.455 e. The number of esters is 1. The van der Waals surface area contributed by atoms with Crippen molar-refractivity contribution in [2.75, 3.05) is 23.4 Å². The highest BCUT2D eigenvalue weighted by molar-refractivity contribution is 6.31. The second kappa shape index (κ2) is 7.36. The molecular weight excluding hydrogens is 344 g/mol. The molecule has 0 aliphatic carbocycles. The van der Waals surface area contributed by atoms with E-state index < -0.39 is 18.5 Å². The fourth-order valence-corrected chi connectivity index (χ4v) is 2.73. The third-order valence-electron chi connectivity index (χ3n) is 3.72. The van der Waals surface area contributed by atoms with Gasteiger partial charge in [0.2, 0.25) is 5.91 Å². The summed E-state index contributed by atoms with van der Waals surface area (Å²) < 4.78 is 5.05. The zero-order valence-electron chi connectivity index (χ0n) is 13.2. The van der Waals surface area contributed by atoms with E-state index in [1.807, 2.05) is 0 Å². The van der Waals surface area contributed by atoms with Gasteiger partial charge in [-0.25, -0.2) is 0 Å². The van der Waals surface area contributed by atoms with Crippen molar-refractivity contribution in [2.45, 2.75) is 6.42 Å². The Bertz CT molecular complexity index is 837. The van der Waals surface area contributed by atoms with Crippen LogP contribution in [0.1, 0.15) is 5.56 Å². The van der Waals surface area contributed by atoms with Gasteiger partial charge in [0.1, 0.15) is 6.54 Å². The van der Waals surface area contributed by atoms with Gasteiger partial charge in [0.15, 0.2) is 6.61 Å². The summed E-state index contributed by atoms with van der Waals surface area (Å²) in [5, 5.41) is 3.16. The van der Waals surface area contributed by atoms with E-state index in [1.54, 1.807) is 48.5 Å². The van der Waals surface area contributed by atoms with Crippen LogP contribution in [0, 0.1) is 0 Å². The van der Waals surface area contributed by atoms with Crippen molar-refractivity contribution in [1.82, 2.24) is 0 Å². The zero-order chi connectivity index (χ0) is 17.8. The summed E-state index contributed by atoms with van der Waals surface area (Å²) in [6.07, 6.45) is -0.0238. The van der Waals surface area contributed by atoms with Crippen LogP contribution in [0.4, 0.5) is 11.4 Å². The first-order chi connectivity index (χ1) is 12.0. The minimum atomic E-state index is -0.559. The average molecular weight is 359 g/mol. The standard InChI is InChI=1S/C18H15ClN2O4/c19-13-6-2-1-5-12(13)9-18(24)25-11-17(23)21-10-16(22)20-14-7-3-4-8-15(14)21/h1-8H,9-11H2,(H,20,22).